The number of carbonyl (C=O) groups excluding carboxylic acids is 1. The van der Waals surface area contributed by atoms with Gasteiger partial charge in [-0.2, -0.15) is 0 Å². The molecule has 0 aromatic heterocycles. The third-order valence-corrected chi connectivity index (χ3v) is 2.64. The van der Waals surface area contributed by atoms with Crippen LogP contribution >= 0.6 is 0 Å². The van der Waals surface area contributed by atoms with Gasteiger partial charge in [-0.15, -0.1) is 0 Å². The Bertz CT molecular complexity index is 173. The number of hydrogen-bond donors (Lipinski definition) is 0. The predicted octanol–water partition coefficient (Wildman–Crippen LogP) is 1.12. The van der Waals surface area contributed by atoms with Crippen LogP contribution in [0.5, 0.6) is 0 Å². The van der Waals surface area contributed by atoms with E-state index in [-0.39, 0.29) is 18.0 Å². The van der Waals surface area contributed by atoms with Crippen LogP contribution in [0.3, 0.4) is 0 Å². The fourth-order valence-corrected chi connectivity index (χ4v) is 1.93. The molecule has 3 nitrogen and oxygen atoms in total. The first-order valence-electron chi connectivity index (χ1n) is 4.66. The minimum Gasteiger partial charge on any atom is -0.465 e. The molecule has 0 aliphatic carbocycles. The normalized spacial score (nSPS) is 36.5. The minimum absolute atomic E-state index is 0.0327. The lowest BCUT2D eigenvalue weighted by Gasteiger charge is -2.25. The molecule has 2 atom stereocenters. The van der Waals surface area contributed by atoms with Crippen molar-refractivity contribution >= 4 is 5.97 Å². The number of carbonyl (C=O) groups is 1. The summed E-state index contributed by atoms with van der Waals surface area (Å²) in [5, 5.41) is 0. The second-order valence-corrected chi connectivity index (χ2v) is 3.47. The first-order valence-corrected chi connectivity index (χ1v) is 4.66. The Kier molecular flexibility index (Phi) is 2.30. The standard InChI is InChI=1S/C9H14O3/c10-9-7(4-6-12-9)8-3-1-2-5-11-8/h7-8H,1-6H2. The van der Waals surface area contributed by atoms with E-state index in [0.717, 1.165) is 25.9 Å². The Morgan fingerprint density at radius 3 is 2.67 bits per heavy atom. The molecule has 0 spiro atoms. The van der Waals surface area contributed by atoms with Crippen LogP contribution < -0.4 is 0 Å². The average molecular weight is 170 g/mol. The van der Waals surface area contributed by atoms with Gasteiger partial charge < -0.3 is 9.47 Å². The molecule has 2 saturated heterocycles. The molecule has 0 amide bonds. The van der Waals surface area contributed by atoms with E-state index in [9.17, 15) is 4.79 Å². The van der Waals surface area contributed by atoms with Gasteiger partial charge in [-0.1, -0.05) is 0 Å². The van der Waals surface area contributed by atoms with Crippen LogP contribution in [-0.4, -0.2) is 25.3 Å². The van der Waals surface area contributed by atoms with E-state index < -0.39 is 0 Å². The highest BCUT2D eigenvalue weighted by Gasteiger charge is 2.35. The summed E-state index contributed by atoms with van der Waals surface area (Å²) in [6.07, 6.45) is 4.35. The predicted molar refractivity (Wildman–Crippen MR) is 42.7 cm³/mol. The van der Waals surface area contributed by atoms with Gasteiger partial charge >= 0.3 is 5.97 Å². The van der Waals surface area contributed by atoms with Crippen molar-refractivity contribution in [2.75, 3.05) is 13.2 Å². The van der Waals surface area contributed by atoms with Crippen LogP contribution in [0.4, 0.5) is 0 Å². The summed E-state index contributed by atoms with van der Waals surface area (Å²) in [7, 11) is 0. The molecular weight excluding hydrogens is 156 g/mol. The molecule has 2 rings (SSSR count). The maximum atomic E-state index is 11.2. The summed E-state index contributed by atoms with van der Waals surface area (Å²) < 4.78 is 10.4. The Balaban J connectivity index is 1.93. The van der Waals surface area contributed by atoms with Crippen molar-refractivity contribution in [3.8, 4) is 0 Å². The lowest BCUT2D eigenvalue weighted by atomic mass is 9.95. The van der Waals surface area contributed by atoms with E-state index in [1.54, 1.807) is 0 Å². The molecule has 2 aliphatic rings. The van der Waals surface area contributed by atoms with Crippen LogP contribution in [0.25, 0.3) is 0 Å². The van der Waals surface area contributed by atoms with Crippen molar-refractivity contribution in [3.05, 3.63) is 0 Å². The third-order valence-electron chi connectivity index (χ3n) is 2.64. The Labute approximate surface area is 72.0 Å². The summed E-state index contributed by atoms with van der Waals surface area (Å²) in [5.41, 5.74) is 0. The van der Waals surface area contributed by atoms with Crippen molar-refractivity contribution in [2.45, 2.75) is 31.8 Å². The molecule has 0 saturated carbocycles. The second-order valence-electron chi connectivity index (χ2n) is 3.47. The lowest BCUT2D eigenvalue weighted by molar-refractivity contribution is -0.146. The molecule has 2 unspecified atom stereocenters. The molecule has 0 aromatic rings. The quantitative estimate of drug-likeness (QED) is 0.553. The van der Waals surface area contributed by atoms with Gasteiger partial charge in [0.1, 0.15) is 0 Å². The summed E-state index contributed by atoms with van der Waals surface area (Å²) in [5.74, 6) is -0.0211. The number of ether oxygens (including phenoxy) is 2. The summed E-state index contributed by atoms with van der Waals surface area (Å²) >= 11 is 0. The maximum Gasteiger partial charge on any atom is 0.311 e. The van der Waals surface area contributed by atoms with Gasteiger partial charge in [0.2, 0.25) is 0 Å². The van der Waals surface area contributed by atoms with Gasteiger partial charge in [0.05, 0.1) is 18.6 Å². The van der Waals surface area contributed by atoms with Crippen LogP contribution in [-0.2, 0) is 14.3 Å². The fourth-order valence-electron chi connectivity index (χ4n) is 1.93. The first-order chi connectivity index (χ1) is 5.88. The molecule has 0 bridgehead atoms. The number of rotatable bonds is 1. The molecule has 12 heavy (non-hydrogen) atoms. The van der Waals surface area contributed by atoms with Gasteiger partial charge in [0.25, 0.3) is 0 Å². The third kappa shape index (κ3) is 1.46. The molecule has 0 N–H and O–H groups in total. The van der Waals surface area contributed by atoms with Crippen LogP contribution in [0.15, 0.2) is 0 Å². The van der Waals surface area contributed by atoms with E-state index in [4.69, 9.17) is 9.47 Å². The zero-order valence-corrected chi connectivity index (χ0v) is 7.12. The van der Waals surface area contributed by atoms with E-state index in [0.29, 0.717) is 6.61 Å². The molecule has 3 heteroatoms. The van der Waals surface area contributed by atoms with Crippen molar-refractivity contribution in [1.82, 2.24) is 0 Å². The number of hydrogen-bond acceptors (Lipinski definition) is 3. The van der Waals surface area contributed by atoms with Crippen LogP contribution in [0.2, 0.25) is 0 Å². The molecule has 0 radical (unpaired) electrons. The van der Waals surface area contributed by atoms with Crippen LogP contribution in [0, 0.1) is 5.92 Å². The Morgan fingerprint density at radius 2 is 2.08 bits per heavy atom. The largest absolute Gasteiger partial charge is 0.465 e. The van der Waals surface area contributed by atoms with Crippen molar-refractivity contribution in [3.63, 3.8) is 0 Å². The van der Waals surface area contributed by atoms with Crippen LogP contribution in [0.1, 0.15) is 25.7 Å². The SMILES string of the molecule is O=C1OCCC1C1CCCCO1. The van der Waals surface area contributed by atoms with Gasteiger partial charge in [0, 0.05) is 6.61 Å². The monoisotopic (exact) mass is 170 g/mol. The van der Waals surface area contributed by atoms with Gasteiger partial charge in [0.15, 0.2) is 0 Å². The molecule has 68 valence electrons. The Morgan fingerprint density at radius 1 is 1.17 bits per heavy atom. The highest BCUT2D eigenvalue weighted by atomic mass is 16.5. The van der Waals surface area contributed by atoms with Gasteiger partial charge in [-0.05, 0) is 25.7 Å². The summed E-state index contributed by atoms with van der Waals surface area (Å²) in [6.45, 7) is 1.40. The smallest absolute Gasteiger partial charge is 0.311 e. The minimum atomic E-state index is -0.0538. The highest BCUT2D eigenvalue weighted by molar-refractivity contribution is 5.74. The number of cyclic esters (lactones) is 1. The zero-order chi connectivity index (χ0) is 8.39. The van der Waals surface area contributed by atoms with E-state index in [1.807, 2.05) is 0 Å². The maximum absolute atomic E-state index is 11.2. The molecular formula is C9H14O3. The molecule has 2 fully saturated rings. The van der Waals surface area contributed by atoms with Gasteiger partial charge in [-0.25, -0.2) is 0 Å². The summed E-state index contributed by atoms with van der Waals surface area (Å²) in [4.78, 5) is 11.2. The molecule has 2 aliphatic heterocycles. The van der Waals surface area contributed by atoms with Gasteiger partial charge in [-0.3, -0.25) is 4.79 Å². The average Bonchev–Trinajstić information content (AvgIpc) is 2.53. The van der Waals surface area contributed by atoms with Crippen molar-refractivity contribution < 1.29 is 14.3 Å². The Hall–Kier alpha value is -0.570. The summed E-state index contributed by atoms with van der Waals surface area (Å²) in [6, 6.07) is 0. The van der Waals surface area contributed by atoms with E-state index >= 15 is 0 Å². The molecule has 2 heterocycles. The first kappa shape index (κ1) is 8.05. The second kappa shape index (κ2) is 3.44. The highest BCUT2D eigenvalue weighted by Crippen LogP contribution is 2.26. The lowest BCUT2D eigenvalue weighted by Crippen LogP contribution is -2.30. The molecule has 0 aromatic carbocycles. The van der Waals surface area contributed by atoms with Crippen molar-refractivity contribution in [1.29, 1.82) is 0 Å². The van der Waals surface area contributed by atoms with E-state index in [2.05, 4.69) is 0 Å². The topological polar surface area (TPSA) is 35.5 Å². The van der Waals surface area contributed by atoms with Crippen molar-refractivity contribution in [2.24, 2.45) is 5.92 Å². The van der Waals surface area contributed by atoms with E-state index in [1.165, 1.54) is 6.42 Å². The zero-order valence-electron chi connectivity index (χ0n) is 7.12. The number of esters is 1. The fraction of sp³-hybridized carbons (Fsp3) is 0.889.